The fraction of sp³-hybridized carbons (Fsp3) is 0.542. The minimum atomic E-state index is -4.65. The number of ether oxygens (including phenoxy) is 2. The molecule has 1 aliphatic carbocycles. The highest BCUT2D eigenvalue weighted by molar-refractivity contribution is 7.46. The van der Waals surface area contributed by atoms with E-state index in [2.05, 4.69) is 24.1 Å². The largest absolute Gasteiger partial charge is 0.513 e. The van der Waals surface area contributed by atoms with E-state index >= 15 is 0 Å². The number of rotatable bonds is 11. The Hall–Kier alpha value is -2.20. The molecule has 0 saturated heterocycles. The van der Waals surface area contributed by atoms with Crippen LogP contribution in [0.15, 0.2) is 35.9 Å². The van der Waals surface area contributed by atoms with Crippen molar-refractivity contribution in [1.29, 1.82) is 0 Å². The summed E-state index contributed by atoms with van der Waals surface area (Å²) in [7, 11) is -4.65. The number of unbranched alkanes of at least 4 members (excludes halogenated alkanes) is 2. The van der Waals surface area contributed by atoms with Gasteiger partial charge in [-0.3, -0.25) is 4.52 Å². The molecule has 9 N–H and O–H groups in total. The second-order valence-electron chi connectivity index (χ2n) is 8.54. The predicted molar refractivity (Wildman–Crippen MR) is 135 cm³/mol. The van der Waals surface area contributed by atoms with Gasteiger partial charge in [-0.15, -0.1) is 0 Å². The number of benzene rings is 1. The summed E-state index contributed by atoms with van der Waals surface area (Å²) in [6, 6.07) is 3.48. The maximum Gasteiger partial charge on any atom is 0.513 e. The monoisotopic (exact) mass is 516 g/mol. The van der Waals surface area contributed by atoms with Crippen LogP contribution in [0.3, 0.4) is 0 Å². The number of hydrogen-bond donors (Lipinski definition) is 5. The molecule has 0 amide bonds. The van der Waals surface area contributed by atoms with Crippen molar-refractivity contribution in [2.24, 2.45) is 5.92 Å². The van der Waals surface area contributed by atoms with Crippen LogP contribution < -0.4 is 17.0 Å². The summed E-state index contributed by atoms with van der Waals surface area (Å²) < 4.78 is 25.4. The third kappa shape index (κ3) is 10.5. The van der Waals surface area contributed by atoms with Crippen molar-refractivity contribution in [1.82, 2.24) is 12.3 Å². The molecule has 0 heterocycles. The van der Waals surface area contributed by atoms with E-state index in [1.165, 1.54) is 5.57 Å². The molecule has 1 aromatic rings. The normalized spacial score (nSPS) is 17.5. The zero-order chi connectivity index (χ0) is 24.6. The first kappa shape index (κ1) is 32.8. The summed E-state index contributed by atoms with van der Waals surface area (Å²) in [5, 5.41) is 11.0. The molecule has 0 spiro atoms. The highest BCUT2D eigenvalue weighted by atomic mass is 31.2. The van der Waals surface area contributed by atoms with E-state index in [-0.39, 0.29) is 35.6 Å². The van der Waals surface area contributed by atoms with E-state index in [0.29, 0.717) is 5.56 Å². The molecule has 2 rings (SSSR count). The van der Waals surface area contributed by atoms with Gasteiger partial charge in [0, 0.05) is 11.5 Å². The van der Waals surface area contributed by atoms with Gasteiger partial charge in [0.15, 0.2) is 0 Å². The molecule has 11 heteroatoms. The molecule has 1 aliphatic rings. The number of aromatic hydroxyl groups is 1. The molecule has 0 unspecified atom stereocenters. The highest BCUT2D eigenvalue weighted by Crippen LogP contribution is 2.47. The number of phosphoric ester groups is 1. The van der Waals surface area contributed by atoms with E-state index in [0.717, 1.165) is 49.7 Å². The van der Waals surface area contributed by atoms with Gasteiger partial charge < -0.3 is 36.7 Å². The Bertz CT molecular complexity index is 928. The average molecular weight is 517 g/mol. The van der Waals surface area contributed by atoms with Crippen LogP contribution in [0.2, 0.25) is 0 Å². The lowest BCUT2D eigenvalue weighted by atomic mass is 9.73. The number of aryl methyl sites for hydroxylation is 1. The quantitative estimate of drug-likeness (QED) is 0.0755. The lowest BCUT2D eigenvalue weighted by molar-refractivity contribution is 0.0767. The van der Waals surface area contributed by atoms with E-state index in [1.807, 2.05) is 13.8 Å². The van der Waals surface area contributed by atoms with Crippen molar-refractivity contribution in [2.75, 3.05) is 13.2 Å². The molecular formula is C24H41N2O8P. The Balaban J connectivity index is 0.00000578. The summed E-state index contributed by atoms with van der Waals surface area (Å²) in [5.74, 6) is 0.144. The van der Waals surface area contributed by atoms with Crippen LogP contribution in [0, 0.1) is 5.92 Å². The standard InChI is InChI=1S/C24H35O8P.2H3N/c1-5-6-7-8-18-14-21(25)23(20-13-17(4)9-10-19(20)16(2)3)22(15-18)32-24(26)30-11-12-31-33(27,28)29;;/h13-15,19-20,25H,2,5-12H2,1,3-4H3,(H2,27,28,29);2*1H3/t19-,20+;;/m0../s1. The molecule has 10 nitrogen and oxygen atoms in total. The fourth-order valence-corrected chi connectivity index (χ4v) is 4.43. The molecule has 0 saturated carbocycles. The summed E-state index contributed by atoms with van der Waals surface area (Å²) in [5.41, 5.74) is 3.52. The maximum absolute atomic E-state index is 12.3. The van der Waals surface area contributed by atoms with Gasteiger partial charge in [0.05, 0.1) is 6.61 Å². The molecule has 0 radical (unpaired) electrons. The van der Waals surface area contributed by atoms with Crippen LogP contribution in [0.5, 0.6) is 11.5 Å². The van der Waals surface area contributed by atoms with E-state index < -0.39 is 27.2 Å². The second-order valence-corrected chi connectivity index (χ2v) is 9.78. The molecule has 0 aliphatic heterocycles. The summed E-state index contributed by atoms with van der Waals surface area (Å²) in [6.45, 7) is 9.35. The van der Waals surface area contributed by atoms with E-state index in [1.54, 1.807) is 12.1 Å². The van der Waals surface area contributed by atoms with Crippen LogP contribution in [0.1, 0.15) is 69.9 Å². The zero-order valence-electron chi connectivity index (χ0n) is 21.0. The van der Waals surface area contributed by atoms with Gasteiger partial charge in [-0.25, -0.2) is 9.36 Å². The predicted octanol–water partition coefficient (Wildman–Crippen LogP) is 6.09. The minimum Gasteiger partial charge on any atom is -0.507 e. The number of phosphoric acid groups is 1. The van der Waals surface area contributed by atoms with Gasteiger partial charge >= 0.3 is 14.0 Å². The number of allylic oxidation sites excluding steroid dienone is 3. The Kier molecular flexibility index (Phi) is 14.1. The number of carbonyl (C=O) groups is 1. The van der Waals surface area contributed by atoms with Gasteiger partial charge in [0.1, 0.15) is 18.1 Å². The number of hydrogen-bond acceptors (Lipinski definition) is 8. The number of phenolic OH excluding ortho intramolecular Hbond substituents is 1. The Labute approximate surface area is 207 Å². The molecule has 1 aromatic carbocycles. The lowest BCUT2D eigenvalue weighted by Crippen LogP contribution is -2.20. The van der Waals surface area contributed by atoms with Crippen LogP contribution in [0.4, 0.5) is 4.79 Å². The number of phenols is 1. The van der Waals surface area contributed by atoms with Crippen molar-refractivity contribution >= 4 is 14.0 Å². The SMILES string of the molecule is C=C(C)[C@@H]1CCC(C)=C[C@H]1c1c(O)cc(CCCCC)cc1OC(=O)OCCOP(=O)(O)O.N.N. The van der Waals surface area contributed by atoms with Gasteiger partial charge in [0.25, 0.3) is 0 Å². The Morgan fingerprint density at radius 3 is 2.49 bits per heavy atom. The van der Waals surface area contributed by atoms with Crippen LogP contribution >= 0.6 is 7.82 Å². The second kappa shape index (κ2) is 15.0. The third-order valence-electron chi connectivity index (χ3n) is 5.72. The molecule has 0 fully saturated rings. The van der Waals surface area contributed by atoms with Crippen molar-refractivity contribution in [3.05, 3.63) is 47.1 Å². The fourth-order valence-electron chi connectivity index (χ4n) is 4.12. The van der Waals surface area contributed by atoms with Crippen molar-refractivity contribution < 1.29 is 38.3 Å². The maximum atomic E-state index is 12.3. The van der Waals surface area contributed by atoms with Crippen LogP contribution in [-0.2, 0) is 20.2 Å². The smallest absolute Gasteiger partial charge is 0.507 e. The third-order valence-corrected chi connectivity index (χ3v) is 6.24. The molecule has 0 bridgehead atoms. The Morgan fingerprint density at radius 2 is 1.89 bits per heavy atom. The van der Waals surface area contributed by atoms with Crippen molar-refractivity contribution in [2.45, 2.75) is 65.2 Å². The summed E-state index contributed by atoms with van der Waals surface area (Å²) in [6.07, 6.45) is 6.62. The topological polar surface area (TPSA) is 193 Å². The molecule has 200 valence electrons. The molecule has 0 aromatic heterocycles. The van der Waals surface area contributed by atoms with Crippen molar-refractivity contribution in [3.8, 4) is 11.5 Å². The summed E-state index contributed by atoms with van der Waals surface area (Å²) in [4.78, 5) is 29.8. The van der Waals surface area contributed by atoms with Crippen LogP contribution in [-0.4, -0.2) is 34.3 Å². The summed E-state index contributed by atoms with van der Waals surface area (Å²) >= 11 is 0. The number of carbonyl (C=O) groups excluding carboxylic acids is 1. The van der Waals surface area contributed by atoms with Crippen molar-refractivity contribution in [3.63, 3.8) is 0 Å². The first-order valence-electron chi connectivity index (χ1n) is 11.2. The Morgan fingerprint density at radius 1 is 1.20 bits per heavy atom. The minimum absolute atomic E-state index is 0. The lowest BCUT2D eigenvalue weighted by Gasteiger charge is -2.32. The molecular weight excluding hydrogens is 475 g/mol. The first-order valence-corrected chi connectivity index (χ1v) is 12.8. The van der Waals surface area contributed by atoms with Gasteiger partial charge in [-0.1, -0.05) is 43.6 Å². The van der Waals surface area contributed by atoms with Crippen LogP contribution in [0.25, 0.3) is 0 Å². The molecule has 35 heavy (non-hydrogen) atoms. The van der Waals surface area contributed by atoms with Gasteiger partial charge in [-0.2, -0.15) is 0 Å². The van der Waals surface area contributed by atoms with Gasteiger partial charge in [-0.05, 0) is 63.1 Å². The van der Waals surface area contributed by atoms with Gasteiger partial charge in [0.2, 0.25) is 0 Å². The highest BCUT2D eigenvalue weighted by Gasteiger charge is 2.31. The first-order chi connectivity index (χ1) is 15.5. The zero-order valence-corrected chi connectivity index (χ0v) is 21.9. The van der Waals surface area contributed by atoms with E-state index in [4.69, 9.17) is 19.3 Å². The van der Waals surface area contributed by atoms with E-state index in [9.17, 15) is 14.5 Å². The molecule has 2 atom stereocenters. The average Bonchev–Trinajstić information content (AvgIpc) is 2.70.